The molecule has 0 aliphatic carbocycles. The maximum atomic E-state index is 13.8. The van der Waals surface area contributed by atoms with E-state index in [0.717, 1.165) is 19.3 Å². The number of pyridine rings is 1. The van der Waals surface area contributed by atoms with E-state index in [1.54, 1.807) is 4.90 Å². The smallest absolute Gasteiger partial charge is 0.182 e. The van der Waals surface area contributed by atoms with Crippen LogP contribution in [0, 0.1) is 11.6 Å². The Morgan fingerprint density at radius 1 is 0.938 bits per heavy atom. The third-order valence-corrected chi connectivity index (χ3v) is 3.70. The van der Waals surface area contributed by atoms with Crippen LogP contribution in [0.3, 0.4) is 0 Å². The number of hydrogen-bond acceptors (Lipinski definition) is 2. The van der Waals surface area contributed by atoms with E-state index in [1.807, 2.05) is 0 Å². The molecule has 1 aliphatic heterocycles. The molecule has 16 heavy (non-hydrogen) atoms. The van der Waals surface area contributed by atoms with Crippen molar-refractivity contribution in [3.05, 3.63) is 20.8 Å². The molecule has 88 valence electrons. The molecule has 0 N–H and O–H groups in total. The van der Waals surface area contributed by atoms with Crippen LogP contribution in [0.4, 0.5) is 14.5 Å². The first-order chi connectivity index (χ1) is 7.61. The summed E-state index contributed by atoms with van der Waals surface area (Å²) >= 11 is 5.98. The van der Waals surface area contributed by atoms with Crippen molar-refractivity contribution in [3.63, 3.8) is 0 Å². The monoisotopic (exact) mass is 354 g/mol. The van der Waals surface area contributed by atoms with Gasteiger partial charge in [0.15, 0.2) is 11.6 Å². The van der Waals surface area contributed by atoms with Crippen molar-refractivity contribution in [1.82, 2.24) is 4.98 Å². The average molecular weight is 356 g/mol. The summed E-state index contributed by atoms with van der Waals surface area (Å²) in [7, 11) is 0. The molecule has 2 nitrogen and oxygen atoms in total. The van der Waals surface area contributed by atoms with Crippen molar-refractivity contribution < 1.29 is 8.78 Å². The van der Waals surface area contributed by atoms with Gasteiger partial charge in [0.2, 0.25) is 0 Å². The van der Waals surface area contributed by atoms with Gasteiger partial charge in [-0.1, -0.05) is 0 Å². The molecular formula is C10H10Br2F2N2. The second-order valence-electron chi connectivity index (χ2n) is 3.72. The zero-order valence-corrected chi connectivity index (χ0v) is 11.6. The molecule has 0 saturated carbocycles. The Morgan fingerprint density at radius 3 is 1.94 bits per heavy atom. The van der Waals surface area contributed by atoms with Gasteiger partial charge in [-0.2, -0.15) is 0 Å². The number of piperidine rings is 1. The standard InChI is InChI=1S/C10H10Br2F2N2/c11-9-6(13)8(7(14)10(12)15-9)16-4-2-1-3-5-16/h1-5H2. The van der Waals surface area contributed by atoms with E-state index >= 15 is 0 Å². The maximum absolute atomic E-state index is 13.8. The third-order valence-electron chi connectivity index (χ3n) is 2.65. The molecule has 6 heteroatoms. The van der Waals surface area contributed by atoms with Gasteiger partial charge in [-0.25, -0.2) is 13.8 Å². The second kappa shape index (κ2) is 4.96. The molecule has 1 aromatic heterocycles. The topological polar surface area (TPSA) is 16.1 Å². The summed E-state index contributed by atoms with van der Waals surface area (Å²) in [5, 5.41) is 0. The van der Waals surface area contributed by atoms with E-state index in [-0.39, 0.29) is 14.9 Å². The van der Waals surface area contributed by atoms with Crippen LogP contribution in [0.1, 0.15) is 19.3 Å². The molecule has 2 rings (SSSR count). The second-order valence-corrected chi connectivity index (χ2v) is 5.22. The van der Waals surface area contributed by atoms with Gasteiger partial charge in [0.05, 0.1) is 0 Å². The summed E-state index contributed by atoms with van der Waals surface area (Å²) in [6, 6.07) is 0. The first kappa shape index (κ1) is 12.2. The number of nitrogens with zero attached hydrogens (tertiary/aromatic N) is 2. The fraction of sp³-hybridized carbons (Fsp3) is 0.500. The minimum atomic E-state index is -0.623. The van der Waals surface area contributed by atoms with Gasteiger partial charge in [-0.15, -0.1) is 0 Å². The summed E-state index contributed by atoms with van der Waals surface area (Å²) in [5.74, 6) is -1.25. The summed E-state index contributed by atoms with van der Waals surface area (Å²) < 4.78 is 27.7. The van der Waals surface area contributed by atoms with Gasteiger partial charge in [-0.05, 0) is 51.1 Å². The highest BCUT2D eigenvalue weighted by molar-refractivity contribution is 9.11. The molecule has 0 radical (unpaired) electrons. The SMILES string of the molecule is Fc1c(Br)nc(Br)c(F)c1N1CCCCC1. The molecule has 0 aromatic carbocycles. The molecule has 2 heterocycles. The third kappa shape index (κ3) is 2.22. The number of halogens is 4. The van der Waals surface area contributed by atoms with E-state index in [1.165, 1.54) is 0 Å². The highest BCUT2D eigenvalue weighted by Gasteiger charge is 2.24. The minimum Gasteiger partial charge on any atom is -0.367 e. The van der Waals surface area contributed by atoms with Gasteiger partial charge in [0.1, 0.15) is 14.9 Å². The lowest BCUT2D eigenvalue weighted by molar-refractivity contribution is 0.519. The number of anilines is 1. The lowest BCUT2D eigenvalue weighted by atomic mass is 10.1. The highest BCUT2D eigenvalue weighted by Crippen LogP contribution is 2.33. The zero-order chi connectivity index (χ0) is 11.7. The zero-order valence-electron chi connectivity index (χ0n) is 8.44. The van der Waals surface area contributed by atoms with Crippen molar-refractivity contribution in [1.29, 1.82) is 0 Å². The van der Waals surface area contributed by atoms with Crippen molar-refractivity contribution in [2.45, 2.75) is 19.3 Å². The summed E-state index contributed by atoms with van der Waals surface area (Å²) in [4.78, 5) is 5.43. The molecule has 0 amide bonds. The summed E-state index contributed by atoms with van der Waals surface area (Å²) in [6.45, 7) is 1.38. The molecule has 1 saturated heterocycles. The number of rotatable bonds is 1. The van der Waals surface area contributed by atoms with Crippen LogP contribution in [-0.2, 0) is 0 Å². The molecule has 1 aromatic rings. The van der Waals surface area contributed by atoms with Crippen molar-refractivity contribution in [2.24, 2.45) is 0 Å². The van der Waals surface area contributed by atoms with E-state index in [2.05, 4.69) is 36.8 Å². The fourth-order valence-corrected chi connectivity index (χ4v) is 2.84. The Kier molecular flexibility index (Phi) is 3.79. The van der Waals surface area contributed by atoms with E-state index in [0.29, 0.717) is 13.1 Å². The van der Waals surface area contributed by atoms with Crippen LogP contribution in [0.2, 0.25) is 0 Å². The van der Waals surface area contributed by atoms with Crippen molar-refractivity contribution in [2.75, 3.05) is 18.0 Å². The van der Waals surface area contributed by atoms with Gasteiger partial charge >= 0.3 is 0 Å². The first-order valence-electron chi connectivity index (χ1n) is 5.06. The van der Waals surface area contributed by atoms with E-state index in [9.17, 15) is 8.78 Å². The van der Waals surface area contributed by atoms with Crippen LogP contribution in [-0.4, -0.2) is 18.1 Å². The van der Waals surface area contributed by atoms with Gasteiger partial charge in [0.25, 0.3) is 0 Å². The van der Waals surface area contributed by atoms with E-state index < -0.39 is 11.6 Å². The molecule has 0 unspecified atom stereocenters. The molecule has 0 spiro atoms. The molecular weight excluding hydrogens is 346 g/mol. The molecule has 0 atom stereocenters. The summed E-state index contributed by atoms with van der Waals surface area (Å²) in [6.07, 6.45) is 3.06. The van der Waals surface area contributed by atoms with Crippen molar-refractivity contribution >= 4 is 37.5 Å². The predicted octanol–water partition coefficient (Wildman–Crippen LogP) is 3.88. The van der Waals surface area contributed by atoms with E-state index in [4.69, 9.17) is 0 Å². The van der Waals surface area contributed by atoms with Crippen LogP contribution in [0.5, 0.6) is 0 Å². The lowest BCUT2D eigenvalue weighted by Gasteiger charge is -2.29. The first-order valence-corrected chi connectivity index (χ1v) is 6.65. The van der Waals surface area contributed by atoms with Crippen LogP contribution in [0.15, 0.2) is 9.21 Å². The van der Waals surface area contributed by atoms with Crippen LogP contribution in [0.25, 0.3) is 0 Å². The fourth-order valence-electron chi connectivity index (χ4n) is 1.87. The highest BCUT2D eigenvalue weighted by atomic mass is 79.9. The van der Waals surface area contributed by atoms with Gasteiger partial charge < -0.3 is 4.90 Å². The summed E-state index contributed by atoms with van der Waals surface area (Å²) in [5.41, 5.74) is 0.0217. The largest absolute Gasteiger partial charge is 0.367 e. The Hall–Kier alpha value is -0.230. The normalized spacial score (nSPS) is 16.6. The van der Waals surface area contributed by atoms with Gasteiger partial charge in [0, 0.05) is 13.1 Å². The van der Waals surface area contributed by atoms with Crippen LogP contribution < -0.4 is 4.90 Å². The minimum absolute atomic E-state index is 0.0217. The lowest BCUT2D eigenvalue weighted by Crippen LogP contribution is -2.31. The Bertz CT molecular complexity index is 380. The predicted molar refractivity (Wildman–Crippen MR) is 65.6 cm³/mol. The molecule has 1 fully saturated rings. The quantitative estimate of drug-likeness (QED) is 0.711. The maximum Gasteiger partial charge on any atom is 0.182 e. The Labute approximate surface area is 109 Å². The molecule has 1 aliphatic rings. The van der Waals surface area contributed by atoms with Crippen LogP contribution >= 0.6 is 31.9 Å². The Morgan fingerprint density at radius 2 is 1.44 bits per heavy atom. The van der Waals surface area contributed by atoms with Gasteiger partial charge in [-0.3, -0.25) is 0 Å². The Balaban J connectivity index is 2.45. The number of hydrogen-bond donors (Lipinski definition) is 0. The average Bonchev–Trinajstić information content (AvgIpc) is 2.28. The van der Waals surface area contributed by atoms with Crippen molar-refractivity contribution in [3.8, 4) is 0 Å². The number of aromatic nitrogens is 1. The molecule has 0 bridgehead atoms.